The SMILES string of the molecule is [c]1cn(CCC2CNCCN2)nn1. The molecule has 0 aliphatic carbocycles. The topological polar surface area (TPSA) is 54.8 Å². The molecular weight excluding hydrogens is 166 g/mol. The first kappa shape index (κ1) is 8.65. The molecule has 1 aliphatic rings. The van der Waals surface area contributed by atoms with Gasteiger partial charge in [-0.05, 0) is 6.42 Å². The average Bonchev–Trinajstić information content (AvgIpc) is 2.69. The Hall–Kier alpha value is -0.940. The van der Waals surface area contributed by atoms with E-state index < -0.39 is 0 Å². The maximum absolute atomic E-state index is 3.86. The van der Waals surface area contributed by atoms with E-state index in [1.54, 1.807) is 6.20 Å². The zero-order chi connectivity index (χ0) is 8.93. The molecule has 1 unspecified atom stereocenters. The molecule has 0 spiro atoms. The van der Waals surface area contributed by atoms with Gasteiger partial charge in [0.1, 0.15) is 6.20 Å². The highest BCUT2D eigenvalue weighted by molar-refractivity contribution is 4.75. The van der Waals surface area contributed by atoms with Gasteiger partial charge in [-0.15, -0.1) is 5.10 Å². The number of rotatable bonds is 3. The second kappa shape index (κ2) is 4.34. The van der Waals surface area contributed by atoms with Crippen LogP contribution in [0.4, 0.5) is 0 Å². The first-order valence-corrected chi connectivity index (χ1v) is 4.65. The monoisotopic (exact) mass is 180 g/mol. The van der Waals surface area contributed by atoms with Crippen molar-refractivity contribution in [2.75, 3.05) is 19.6 Å². The third-order valence-corrected chi connectivity index (χ3v) is 2.26. The molecule has 2 heterocycles. The summed E-state index contributed by atoms with van der Waals surface area (Å²) in [6, 6.07) is 0.568. The van der Waals surface area contributed by atoms with Crippen LogP contribution in [0, 0.1) is 6.20 Å². The van der Waals surface area contributed by atoms with Crippen LogP contribution < -0.4 is 10.6 Å². The van der Waals surface area contributed by atoms with Gasteiger partial charge in [-0.1, -0.05) is 5.21 Å². The van der Waals surface area contributed by atoms with Crippen molar-refractivity contribution in [1.82, 2.24) is 25.6 Å². The zero-order valence-corrected chi connectivity index (χ0v) is 7.53. The van der Waals surface area contributed by atoms with Crippen LogP contribution in [-0.2, 0) is 6.54 Å². The molecule has 0 amide bonds. The maximum atomic E-state index is 3.86. The Morgan fingerprint density at radius 3 is 3.23 bits per heavy atom. The minimum Gasteiger partial charge on any atom is -0.314 e. The minimum absolute atomic E-state index is 0.568. The normalized spacial score (nSPS) is 23.2. The summed E-state index contributed by atoms with van der Waals surface area (Å²) in [5.74, 6) is 0. The molecule has 5 heteroatoms. The van der Waals surface area contributed by atoms with Crippen molar-refractivity contribution in [3.8, 4) is 0 Å². The minimum atomic E-state index is 0.568. The van der Waals surface area contributed by atoms with Crippen molar-refractivity contribution in [1.29, 1.82) is 0 Å². The Morgan fingerprint density at radius 2 is 2.54 bits per heavy atom. The largest absolute Gasteiger partial charge is 0.314 e. The molecular formula is C8H14N5. The molecule has 71 valence electrons. The number of nitrogens with zero attached hydrogens (tertiary/aromatic N) is 3. The van der Waals surface area contributed by atoms with E-state index in [1.807, 2.05) is 4.68 Å². The lowest BCUT2D eigenvalue weighted by molar-refractivity contribution is 0.373. The van der Waals surface area contributed by atoms with Gasteiger partial charge >= 0.3 is 0 Å². The van der Waals surface area contributed by atoms with Crippen molar-refractivity contribution in [2.24, 2.45) is 0 Å². The molecule has 1 fully saturated rings. The standard InChI is InChI=1S/C8H14N5/c1(5-13-6-4-11-12-13)8-7-9-2-3-10-8/h6,8-10H,1-3,5,7H2. The highest BCUT2D eigenvalue weighted by Gasteiger charge is 2.11. The number of hydrogen-bond donors (Lipinski definition) is 2. The molecule has 1 aliphatic heterocycles. The predicted molar refractivity (Wildman–Crippen MR) is 48.1 cm³/mol. The number of aryl methyl sites for hydroxylation is 1. The van der Waals surface area contributed by atoms with Crippen molar-refractivity contribution < 1.29 is 0 Å². The third-order valence-electron chi connectivity index (χ3n) is 2.26. The Balaban J connectivity index is 1.72. The summed E-state index contributed by atoms with van der Waals surface area (Å²) in [6.07, 6.45) is 5.54. The lowest BCUT2D eigenvalue weighted by Crippen LogP contribution is -2.48. The summed E-state index contributed by atoms with van der Waals surface area (Å²) in [4.78, 5) is 0. The zero-order valence-electron chi connectivity index (χ0n) is 7.53. The van der Waals surface area contributed by atoms with Crippen LogP contribution in [0.25, 0.3) is 0 Å². The smallest absolute Gasteiger partial charge is 0.134 e. The van der Waals surface area contributed by atoms with Crippen LogP contribution in [-0.4, -0.2) is 40.7 Å². The average molecular weight is 180 g/mol. The van der Waals surface area contributed by atoms with E-state index in [2.05, 4.69) is 27.1 Å². The molecule has 1 saturated heterocycles. The highest BCUT2D eigenvalue weighted by atomic mass is 15.4. The second-order valence-corrected chi connectivity index (χ2v) is 3.25. The second-order valence-electron chi connectivity index (χ2n) is 3.25. The molecule has 13 heavy (non-hydrogen) atoms. The lowest BCUT2D eigenvalue weighted by Gasteiger charge is -2.24. The molecule has 1 aromatic heterocycles. The van der Waals surface area contributed by atoms with E-state index in [9.17, 15) is 0 Å². The number of hydrogen-bond acceptors (Lipinski definition) is 4. The Labute approximate surface area is 77.5 Å². The van der Waals surface area contributed by atoms with Gasteiger partial charge in [-0.2, -0.15) is 0 Å². The van der Waals surface area contributed by atoms with E-state index in [0.29, 0.717) is 6.04 Å². The van der Waals surface area contributed by atoms with Crippen molar-refractivity contribution in [2.45, 2.75) is 19.0 Å². The van der Waals surface area contributed by atoms with E-state index >= 15 is 0 Å². The molecule has 0 bridgehead atoms. The third kappa shape index (κ3) is 2.50. The van der Waals surface area contributed by atoms with Crippen LogP contribution in [0.5, 0.6) is 0 Å². The van der Waals surface area contributed by atoms with Gasteiger partial charge in [0, 0.05) is 32.2 Å². The molecule has 1 atom stereocenters. The van der Waals surface area contributed by atoms with Gasteiger partial charge in [0.05, 0.1) is 6.20 Å². The summed E-state index contributed by atoms with van der Waals surface area (Å²) in [5, 5.41) is 14.3. The molecule has 2 N–H and O–H groups in total. The van der Waals surface area contributed by atoms with Gasteiger partial charge in [-0.3, -0.25) is 4.68 Å². The Morgan fingerprint density at radius 1 is 1.54 bits per heavy atom. The van der Waals surface area contributed by atoms with Crippen LogP contribution in [0.1, 0.15) is 6.42 Å². The van der Waals surface area contributed by atoms with Crippen LogP contribution in [0.3, 0.4) is 0 Å². The number of piperazine rings is 1. The van der Waals surface area contributed by atoms with Crippen LogP contribution in [0.15, 0.2) is 6.20 Å². The maximum Gasteiger partial charge on any atom is 0.134 e. The van der Waals surface area contributed by atoms with E-state index in [-0.39, 0.29) is 0 Å². The van der Waals surface area contributed by atoms with Crippen LogP contribution >= 0.6 is 0 Å². The molecule has 0 saturated carbocycles. The van der Waals surface area contributed by atoms with E-state index in [0.717, 1.165) is 32.6 Å². The van der Waals surface area contributed by atoms with E-state index in [1.165, 1.54) is 0 Å². The summed E-state index contributed by atoms with van der Waals surface area (Å²) < 4.78 is 1.82. The summed E-state index contributed by atoms with van der Waals surface area (Å²) >= 11 is 0. The fourth-order valence-electron chi connectivity index (χ4n) is 1.52. The Bertz CT molecular complexity index is 227. The van der Waals surface area contributed by atoms with Gasteiger partial charge in [0.15, 0.2) is 0 Å². The van der Waals surface area contributed by atoms with Crippen molar-refractivity contribution in [3.05, 3.63) is 12.4 Å². The van der Waals surface area contributed by atoms with Gasteiger partial charge in [-0.25, -0.2) is 0 Å². The highest BCUT2D eigenvalue weighted by Crippen LogP contribution is 1.96. The quantitative estimate of drug-likeness (QED) is 0.628. The molecule has 1 aromatic rings. The number of nitrogens with one attached hydrogen (secondary N) is 2. The molecule has 2 rings (SSSR count). The Kier molecular flexibility index (Phi) is 2.89. The summed E-state index contributed by atoms with van der Waals surface area (Å²) in [6.45, 7) is 4.11. The van der Waals surface area contributed by atoms with Gasteiger partial charge in [0.2, 0.25) is 0 Å². The van der Waals surface area contributed by atoms with Gasteiger partial charge in [0.25, 0.3) is 0 Å². The van der Waals surface area contributed by atoms with Crippen molar-refractivity contribution in [3.63, 3.8) is 0 Å². The summed E-state index contributed by atoms with van der Waals surface area (Å²) in [7, 11) is 0. The van der Waals surface area contributed by atoms with E-state index in [4.69, 9.17) is 0 Å². The first-order valence-electron chi connectivity index (χ1n) is 4.65. The summed E-state index contributed by atoms with van der Waals surface area (Å²) in [5.41, 5.74) is 0. The van der Waals surface area contributed by atoms with Crippen LogP contribution in [0.2, 0.25) is 0 Å². The van der Waals surface area contributed by atoms with Crippen molar-refractivity contribution >= 4 is 0 Å². The molecule has 0 aromatic carbocycles. The fraction of sp³-hybridized carbons (Fsp3) is 0.750. The predicted octanol–water partition coefficient (Wildman–Crippen LogP) is -0.970. The fourth-order valence-corrected chi connectivity index (χ4v) is 1.52. The van der Waals surface area contributed by atoms with Gasteiger partial charge < -0.3 is 10.6 Å². The number of aromatic nitrogens is 3. The molecule has 5 nitrogen and oxygen atoms in total. The molecule has 1 radical (unpaired) electrons. The lowest BCUT2D eigenvalue weighted by atomic mass is 10.2. The first-order chi connectivity index (χ1) is 6.45.